The second-order valence-corrected chi connectivity index (χ2v) is 11.8. The summed E-state index contributed by atoms with van der Waals surface area (Å²) in [5, 5.41) is 28.2. The Kier molecular flexibility index (Phi) is 13.7. The third kappa shape index (κ3) is 11.0. The van der Waals surface area contributed by atoms with Gasteiger partial charge in [-0.1, -0.05) is 30.3 Å². The van der Waals surface area contributed by atoms with E-state index in [0.717, 1.165) is 16.5 Å². The molecule has 3 aromatic rings. The van der Waals surface area contributed by atoms with Crippen LogP contribution in [0.2, 0.25) is 0 Å². The van der Waals surface area contributed by atoms with E-state index in [4.69, 9.17) is 17.2 Å². The molecular formula is C31H42N8O6S. The van der Waals surface area contributed by atoms with E-state index in [2.05, 4.69) is 25.9 Å². The number of nitrogens with two attached hydrogens (primary N) is 3. The van der Waals surface area contributed by atoms with Gasteiger partial charge in [0.05, 0.1) is 6.04 Å². The lowest BCUT2D eigenvalue weighted by molar-refractivity contribution is -0.142. The van der Waals surface area contributed by atoms with Gasteiger partial charge in [-0.2, -0.15) is 11.8 Å². The van der Waals surface area contributed by atoms with Gasteiger partial charge in [-0.15, -0.1) is 0 Å². The Bertz CT molecular complexity index is 1510. The molecule has 0 aliphatic heterocycles. The maximum Gasteiger partial charge on any atom is 0.326 e. The molecule has 4 unspecified atom stereocenters. The zero-order valence-electron chi connectivity index (χ0n) is 25.6. The number of guanidine groups is 1. The number of hydrogen-bond donors (Lipinski definition) is 9. The number of fused-ring (bicyclic) bond motifs is 1. The number of aliphatic carboxylic acids is 1. The molecule has 1 heterocycles. The van der Waals surface area contributed by atoms with Crippen molar-refractivity contribution in [2.24, 2.45) is 22.2 Å². The monoisotopic (exact) mass is 654 g/mol. The molecule has 0 radical (unpaired) electrons. The van der Waals surface area contributed by atoms with Gasteiger partial charge in [0.15, 0.2) is 5.96 Å². The fourth-order valence-electron chi connectivity index (χ4n) is 4.80. The van der Waals surface area contributed by atoms with Gasteiger partial charge in [-0.25, -0.2) is 4.79 Å². The molecule has 4 atom stereocenters. The van der Waals surface area contributed by atoms with Crippen molar-refractivity contribution in [2.45, 2.75) is 56.3 Å². The van der Waals surface area contributed by atoms with Crippen LogP contribution in [0.5, 0.6) is 5.75 Å². The number of para-hydroxylation sites is 1. The number of hydrogen-bond acceptors (Lipinski definition) is 8. The van der Waals surface area contributed by atoms with Crippen LogP contribution in [-0.2, 0) is 32.0 Å². The molecule has 15 heteroatoms. The zero-order chi connectivity index (χ0) is 33.6. The lowest BCUT2D eigenvalue weighted by atomic mass is 10.0. The summed E-state index contributed by atoms with van der Waals surface area (Å²) in [6, 6.07) is 9.25. The summed E-state index contributed by atoms with van der Waals surface area (Å²) in [4.78, 5) is 59.2. The number of phenolic OH excluding ortho intramolecular Hbond substituents is 1. The maximum atomic E-state index is 13.7. The van der Waals surface area contributed by atoms with Gasteiger partial charge in [0, 0.05) is 30.1 Å². The lowest BCUT2D eigenvalue weighted by Gasteiger charge is -2.25. The SMILES string of the molecule is CSCCC(NC(=O)C(CCCN=C(N)N)NC(=O)C(Cc1ccc(O)cc1)NC(=O)C(N)Cc1c[nH]c2ccccc12)C(=O)O. The number of aromatic nitrogens is 1. The predicted octanol–water partition coefficient (Wildman–Crippen LogP) is 0.332. The van der Waals surface area contributed by atoms with Crippen molar-refractivity contribution in [1.82, 2.24) is 20.9 Å². The molecule has 2 aromatic carbocycles. The number of nitrogens with one attached hydrogen (secondary N) is 4. The average Bonchev–Trinajstić information content (AvgIpc) is 3.43. The molecule has 1 aromatic heterocycles. The van der Waals surface area contributed by atoms with Crippen LogP contribution in [0.1, 0.15) is 30.4 Å². The van der Waals surface area contributed by atoms with Crippen LogP contribution in [0.4, 0.5) is 0 Å². The average molecular weight is 655 g/mol. The number of rotatable bonds is 18. The highest BCUT2D eigenvalue weighted by Gasteiger charge is 2.30. The Labute approximate surface area is 271 Å². The summed E-state index contributed by atoms with van der Waals surface area (Å²) in [6.45, 7) is 0.174. The van der Waals surface area contributed by atoms with E-state index < -0.39 is 47.9 Å². The number of H-pyrrole nitrogens is 1. The van der Waals surface area contributed by atoms with Gasteiger partial charge >= 0.3 is 5.97 Å². The Morgan fingerprint density at radius 1 is 0.891 bits per heavy atom. The first kappa shape index (κ1) is 35.7. The summed E-state index contributed by atoms with van der Waals surface area (Å²) >= 11 is 1.44. The minimum atomic E-state index is -1.20. The molecule has 0 saturated heterocycles. The Morgan fingerprint density at radius 2 is 1.54 bits per heavy atom. The number of benzene rings is 2. The van der Waals surface area contributed by atoms with E-state index in [1.165, 1.54) is 23.9 Å². The molecule has 0 saturated carbocycles. The second kappa shape index (κ2) is 17.7. The van der Waals surface area contributed by atoms with E-state index in [1.54, 1.807) is 18.3 Å². The van der Waals surface area contributed by atoms with Crippen LogP contribution in [0.3, 0.4) is 0 Å². The summed E-state index contributed by atoms with van der Waals surface area (Å²) in [5.74, 6) is -2.76. The molecule has 0 fully saturated rings. The summed E-state index contributed by atoms with van der Waals surface area (Å²) in [6.07, 6.45) is 4.39. The summed E-state index contributed by atoms with van der Waals surface area (Å²) < 4.78 is 0. The van der Waals surface area contributed by atoms with Crippen LogP contribution in [0.25, 0.3) is 10.9 Å². The number of phenols is 1. The third-order valence-corrected chi connectivity index (χ3v) is 7.91. The summed E-state index contributed by atoms with van der Waals surface area (Å²) in [7, 11) is 0. The molecule has 0 aliphatic rings. The van der Waals surface area contributed by atoms with E-state index in [9.17, 15) is 29.4 Å². The van der Waals surface area contributed by atoms with E-state index >= 15 is 0 Å². The first-order valence-electron chi connectivity index (χ1n) is 14.7. The van der Waals surface area contributed by atoms with Crippen molar-refractivity contribution >= 4 is 52.3 Å². The van der Waals surface area contributed by atoms with Gasteiger partial charge in [-0.05, 0) is 67.0 Å². The highest BCUT2D eigenvalue weighted by Crippen LogP contribution is 2.19. The lowest BCUT2D eigenvalue weighted by Crippen LogP contribution is -2.57. The molecule has 12 N–H and O–H groups in total. The number of carbonyl (C=O) groups is 4. The smallest absolute Gasteiger partial charge is 0.326 e. The van der Waals surface area contributed by atoms with Crippen LogP contribution >= 0.6 is 11.8 Å². The normalized spacial score (nSPS) is 13.6. The molecule has 3 amide bonds. The molecule has 3 rings (SSSR count). The van der Waals surface area contributed by atoms with E-state index in [-0.39, 0.29) is 43.9 Å². The van der Waals surface area contributed by atoms with Crippen LogP contribution in [-0.4, -0.2) is 87.6 Å². The molecule has 0 spiro atoms. The molecule has 0 aliphatic carbocycles. The number of thioether (sulfide) groups is 1. The van der Waals surface area contributed by atoms with E-state index in [0.29, 0.717) is 17.7 Å². The fraction of sp³-hybridized carbons (Fsp3) is 0.387. The number of aromatic amines is 1. The number of aromatic hydroxyl groups is 1. The maximum absolute atomic E-state index is 13.7. The third-order valence-electron chi connectivity index (χ3n) is 7.26. The second-order valence-electron chi connectivity index (χ2n) is 10.8. The minimum absolute atomic E-state index is 0.0193. The van der Waals surface area contributed by atoms with E-state index in [1.807, 2.05) is 30.5 Å². The molecule has 46 heavy (non-hydrogen) atoms. The zero-order valence-corrected chi connectivity index (χ0v) is 26.4. The minimum Gasteiger partial charge on any atom is -0.508 e. The van der Waals surface area contributed by atoms with Crippen LogP contribution < -0.4 is 33.2 Å². The topological polar surface area (TPSA) is 251 Å². The molecule has 14 nitrogen and oxygen atoms in total. The van der Waals surface area contributed by atoms with Crippen molar-refractivity contribution in [1.29, 1.82) is 0 Å². The van der Waals surface area contributed by atoms with Crippen molar-refractivity contribution in [3.63, 3.8) is 0 Å². The highest BCUT2D eigenvalue weighted by molar-refractivity contribution is 7.98. The van der Waals surface area contributed by atoms with Crippen molar-refractivity contribution in [3.8, 4) is 5.75 Å². The van der Waals surface area contributed by atoms with Gasteiger partial charge in [0.2, 0.25) is 17.7 Å². The highest BCUT2D eigenvalue weighted by atomic mass is 32.2. The fourth-order valence-corrected chi connectivity index (χ4v) is 5.27. The Morgan fingerprint density at radius 3 is 2.22 bits per heavy atom. The molecule has 0 bridgehead atoms. The van der Waals surface area contributed by atoms with Crippen molar-refractivity contribution in [3.05, 3.63) is 65.9 Å². The molecular weight excluding hydrogens is 612 g/mol. The summed E-state index contributed by atoms with van der Waals surface area (Å²) in [5.41, 5.74) is 19.5. The Hall–Kier alpha value is -4.76. The molecule has 248 valence electrons. The van der Waals surface area contributed by atoms with Gasteiger partial charge < -0.3 is 48.3 Å². The number of carbonyl (C=O) groups excluding carboxylic acids is 3. The van der Waals surface area contributed by atoms with Crippen LogP contribution in [0.15, 0.2) is 59.7 Å². The number of amides is 3. The van der Waals surface area contributed by atoms with Gasteiger partial charge in [0.25, 0.3) is 0 Å². The standard InChI is InChI=1S/C31H42N8O6S/c1-46-14-12-25(30(44)45)38-28(42)24(7-4-13-35-31(33)34)37-29(43)26(15-18-8-10-20(40)11-9-18)39-27(41)22(32)16-19-17-36-23-6-3-2-5-21(19)23/h2-3,5-6,8-11,17,22,24-26,36,40H,4,7,12-16,32H2,1H3,(H,37,43)(H,38,42)(H,39,41)(H,44,45)(H4,33,34,35). The van der Waals surface area contributed by atoms with Crippen LogP contribution in [0, 0.1) is 0 Å². The number of carboxylic acids is 1. The predicted molar refractivity (Wildman–Crippen MR) is 178 cm³/mol. The number of carboxylic acid groups (broad SMARTS) is 1. The Balaban J connectivity index is 1.80. The van der Waals surface area contributed by atoms with Gasteiger partial charge in [-0.3, -0.25) is 19.4 Å². The van der Waals surface area contributed by atoms with Crippen molar-refractivity contribution in [2.75, 3.05) is 18.6 Å². The van der Waals surface area contributed by atoms with Crippen molar-refractivity contribution < 1.29 is 29.4 Å². The number of aliphatic imine (C=N–C) groups is 1. The van der Waals surface area contributed by atoms with Gasteiger partial charge in [0.1, 0.15) is 23.9 Å². The first-order valence-corrected chi connectivity index (χ1v) is 16.1. The number of nitrogens with zero attached hydrogens (tertiary/aromatic N) is 1. The quantitative estimate of drug-likeness (QED) is 0.0516. The largest absolute Gasteiger partial charge is 0.508 e. The first-order chi connectivity index (χ1) is 22.0.